The zero-order chi connectivity index (χ0) is 16.7. The van der Waals surface area contributed by atoms with Crippen LogP contribution in [-0.2, 0) is 6.42 Å². The average molecular weight is 331 g/mol. The molecule has 0 unspecified atom stereocenters. The number of aromatic nitrogens is 1. The quantitative estimate of drug-likeness (QED) is 0.736. The third-order valence-corrected chi connectivity index (χ3v) is 6.46. The summed E-state index contributed by atoms with van der Waals surface area (Å²) in [5, 5.41) is 17.7. The Kier molecular flexibility index (Phi) is 4.00. The largest absolute Gasteiger partial charge is 0.492 e. The molecule has 0 amide bonds. The summed E-state index contributed by atoms with van der Waals surface area (Å²) in [7, 11) is 0. The molecule has 2 aromatic rings. The maximum atomic E-state index is 10.1. The highest BCUT2D eigenvalue weighted by Crippen LogP contribution is 2.63. The molecule has 124 valence electrons. The minimum Gasteiger partial charge on any atom is -0.492 e. The van der Waals surface area contributed by atoms with Gasteiger partial charge in [-0.2, -0.15) is 4.98 Å². The first-order chi connectivity index (χ1) is 10.8. The van der Waals surface area contributed by atoms with Crippen LogP contribution in [0.5, 0.6) is 5.88 Å². The van der Waals surface area contributed by atoms with Crippen LogP contribution in [-0.4, -0.2) is 22.7 Å². The van der Waals surface area contributed by atoms with Gasteiger partial charge in [0.05, 0.1) is 4.88 Å². The lowest BCUT2D eigenvalue weighted by atomic mass is 10.0. The maximum absolute atomic E-state index is 10.1. The molecule has 1 aromatic carbocycles. The molecule has 0 bridgehead atoms. The number of nitrogens with zero attached hydrogens (tertiary/aromatic N) is 1. The van der Waals surface area contributed by atoms with Crippen molar-refractivity contribution < 1.29 is 5.11 Å². The predicted octanol–water partition coefficient (Wildman–Crippen LogP) is 4.35. The molecule has 0 spiro atoms. The van der Waals surface area contributed by atoms with E-state index in [1.807, 2.05) is 30.3 Å². The number of aromatic hydroxyl groups is 1. The number of thiazole rings is 1. The molecule has 1 heterocycles. The molecule has 3 N–H and O–H groups in total. The Hall–Kier alpha value is -1.75. The second-order valence-corrected chi connectivity index (χ2v) is 8.41. The Balaban J connectivity index is 1.57. The van der Waals surface area contributed by atoms with Crippen LogP contribution < -0.4 is 10.6 Å². The number of hydrogen-bond donors (Lipinski definition) is 3. The van der Waals surface area contributed by atoms with Crippen molar-refractivity contribution in [3.63, 3.8) is 0 Å². The summed E-state index contributed by atoms with van der Waals surface area (Å²) in [5.74, 6) is 0.156. The highest BCUT2D eigenvalue weighted by Gasteiger charge is 2.65. The number of rotatable bonds is 6. The highest BCUT2D eigenvalue weighted by atomic mass is 32.1. The summed E-state index contributed by atoms with van der Waals surface area (Å²) < 4.78 is 0. The summed E-state index contributed by atoms with van der Waals surface area (Å²) in [6.45, 7) is 9.84. The molecule has 5 heteroatoms. The molecule has 1 aliphatic rings. The molecule has 0 aliphatic heterocycles. The second-order valence-electron chi connectivity index (χ2n) is 7.33. The molecular formula is C18H25N3OS. The summed E-state index contributed by atoms with van der Waals surface area (Å²) >= 11 is 1.55. The van der Waals surface area contributed by atoms with Crippen molar-refractivity contribution in [1.29, 1.82) is 0 Å². The molecular weight excluding hydrogens is 306 g/mol. The molecule has 4 nitrogen and oxygen atoms in total. The molecule has 1 aromatic heterocycles. The smallest absolute Gasteiger partial charge is 0.227 e. The van der Waals surface area contributed by atoms with E-state index in [-0.39, 0.29) is 16.7 Å². The van der Waals surface area contributed by atoms with Gasteiger partial charge < -0.3 is 15.7 Å². The van der Waals surface area contributed by atoms with Gasteiger partial charge in [0.15, 0.2) is 5.13 Å². The SMILES string of the molecule is CC1(C)C(Nc2nc(O)c(CCNc3ccccc3)s2)C1(C)C. The standard InChI is InChI=1S/C18H25N3OS/c1-17(2)15(18(17,3)4)21-16-20-14(22)13(23-16)10-11-19-12-8-6-5-7-9-12/h5-9,15,19,22H,10-11H2,1-4H3,(H,20,21). The van der Waals surface area contributed by atoms with E-state index in [4.69, 9.17) is 0 Å². The fourth-order valence-electron chi connectivity index (χ4n) is 3.13. The van der Waals surface area contributed by atoms with Crippen molar-refractivity contribution in [2.75, 3.05) is 17.2 Å². The van der Waals surface area contributed by atoms with Gasteiger partial charge in [-0.15, -0.1) is 0 Å². The first-order valence-electron chi connectivity index (χ1n) is 8.06. The number of para-hydroxylation sites is 1. The fourth-order valence-corrected chi connectivity index (χ4v) is 4.01. The van der Waals surface area contributed by atoms with Crippen LogP contribution in [0.3, 0.4) is 0 Å². The van der Waals surface area contributed by atoms with Crippen molar-refractivity contribution in [2.24, 2.45) is 10.8 Å². The zero-order valence-electron chi connectivity index (χ0n) is 14.2. The van der Waals surface area contributed by atoms with Gasteiger partial charge in [-0.1, -0.05) is 57.2 Å². The van der Waals surface area contributed by atoms with Gasteiger partial charge in [-0.25, -0.2) is 0 Å². The lowest BCUT2D eigenvalue weighted by Gasteiger charge is -2.04. The van der Waals surface area contributed by atoms with Crippen LogP contribution >= 0.6 is 11.3 Å². The minimum absolute atomic E-state index is 0.156. The van der Waals surface area contributed by atoms with Crippen molar-refractivity contribution >= 4 is 22.2 Å². The number of hydrogen-bond acceptors (Lipinski definition) is 5. The highest BCUT2D eigenvalue weighted by molar-refractivity contribution is 7.15. The van der Waals surface area contributed by atoms with Crippen LogP contribution in [0.2, 0.25) is 0 Å². The normalized spacial score (nSPS) is 18.6. The Bertz CT molecular complexity index is 665. The number of benzene rings is 1. The minimum atomic E-state index is 0.156. The van der Waals surface area contributed by atoms with Gasteiger partial charge in [-0.3, -0.25) is 0 Å². The Labute approximate surface area is 142 Å². The molecule has 23 heavy (non-hydrogen) atoms. The van der Waals surface area contributed by atoms with Gasteiger partial charge in [0, 0.05) is 24.7 Å². The number of nitrogens with one attached hydrogen (secondary N) is 2. The van der Waals surface area contributed by atoms with Gasteiger partial charge in [0.25, 0.3) is 0 Å². The Morgan fingerprint density at radius 2 is 1.78 bits per heavy atom. The van der Waals surface area contributed by atoms with Gasteiger partial charge in [0.1, 0.15) is 0 Å². The van der Waals surface area contributed by atoms with E-state index in [1.54, 1.807) is 11.3 Å². The number of anilines is 2. The van der Waals surface area contributed by atoms with E-state index < -0.39 is 0 Å². The third kappa shape index (κ3) is 3.02. The first-order valence-corrected chi connectivity index (χ1v) is 8.88. The molecule has 1 saturated carbocycles. The summed E-state index contributed by atoms with van der Waals surface area (Å²) in [5.41, 5.74) is 1.60. The second kappa shape index (κ2) is 5.71. The third-order valence-electron chi connectivity index (χ3n) is 5.42. The van der Waals surface area contributed by atoms with Gasteiger partial charge >= 0.3 is 0 Å². The van der Waals surface area contributed by atoms with Crippen molar-refractivity contribution in [3.05, 3.63) is 35.2 Å². The molecule has 1 aliphatic carbocycles. The molecule has 0 saturated heterocycles. The Morgan fingerprint density at radius 1 is 1.13 bits per heavy atom. The maximum Gasteiger partial charge on any atom is 0.227 e. The van der Waals surface area contributed by atoms with Gasteiger partial charge in [0.2, 0.25) is 5.88 Å². The summed E-state index contributed by atoms with van der Waals surface area (Å²) in [4.78, 5) is 5.21. The average Bonchev–Trinajstić information content (AvgIpc) is 2.77. The summed E-state index contributed by atoms with van der Waals surface area (Å²) in [6.07, 6.45) is 0.761. The van der Waals surface area contributed by atoms with Crippen LogP contribution in [0.25, 0.3) is 0 Å². The van der Waals surface area contributed by atoms with Crippen molar-refractivity contribution in [1.82, 2.24) is 4.98 Å². The Morgan fingerprint density at radius 3 is 2.39 bits per heavy atom. The van der Waals surface area contributed by atoms with Crippen molar-refractivity contribution in [3.8, 4) is 5.88 Å². The monoisotopic (exact) mass is 331 g/mol. The lowest BCUT2D eigenvalue weighted by molar-refractivity contribution is 0.452. The molecule has 0 radical (unpaired) electrons. The van der Waals surface area contributed by atoms with Crippen LogP contribution in [0.15, 0.2) is 30.3 Å². The van der Waals surface area contributed by atoms with Gasteiger partial charge in [-0.05, 0) is 23.0 Å². The van der Waals surface area contributed by atoms with E-state index >= 15 is 0 Å². The van der Waals surface area contributed by atoms with E-state index in [1.165, 1.54) is 0 Å². The van der Waals surface area contributed by atoms with Crippen molar-refractivity contribution in [2.45, 2.75) is 40.2 Å². The fraction of sp³-hybridized carbons (Fsp3) is 0.500. The van der Waals surface area contributed by atoms with Crippen LogP contribution in [0.4, 0.5) is 10.8 Å². The lowest BCUT2D eigenvalue weighted by Crippen LogP contribution is -2.09. The van der Waals surface area contributed by atoms with Crippen LogP contribution in [0.1, 0.15) is 32.6 Å². The van der Waals surface area contributed by atoms with E-state index in [9.17, 15) is 5.11 Å². The molecule has 3 rings (SSSR count). The van der Waals surface area contributed by atoms with E-state index in [2.05, 4.69) is 43.3 Å². The molecule has 1 fully saturated rings. The van der Waals surface area contributed by atoms with Crippen LogP contribution in [0, 0.1) is 10.8 Å². The zero-order valence-corrected chi connectivity index (χ0v) is 15.0. The summed E-state index contributed by atoms with van der Waals surface area (Å²) in [6, 6.07) is 10.5. The molecule has 0 atom stereocenters. The van der Waals surface area contributed by atoms with E-state index in [0.717, 1.165) is 28.7 Å². The topological polar surface area (TPSA) is 57.2 Å². The predicted molar refractivity (Wildman–Crippen MR) is 97.4 cm³/mol. The van der Waals surface area contributed by atoms with E-state index in [0.29, 0.717) is 6.04 Å². The first kappa shape index (κ1) is 16.1.